The number of thioether (sulfide) groups is 1. The maximum atomic E-state index is 12.3. The quantitative estimate of drug-likeness (QED) is 0.906. The van der Waals surface area contributed by atoms with Gasteiger partial charge in [0.2, 0.25) is 5.91 Å². The lowest BCUT2D eigenvalue weighted by Crippen LogP contribution is -2.39. The predicted molar refractivity (Wildman–Crippen MR) is 79.7 cm³/mol. The number of rotatable bonds is 5. The fourth-order valence-corrected chi connectivity index (χ4v) is 3.18. The standard InChI is InChI=1S/C15H19NO3S/c17-14(10-20-11-15(18)19)16-9-5-4-8-13(16)12-6-2-1-3-7-12/h1-3,6-7,13H,4-5,8-11H2,(H,18,19). The first-order valence-electron chi connectivity index (χ1n) is 6.82. The SMILES string of the molecule is O=C(O)CSCC(=O)N1CCCCC1c1ccccc1. The molecule has 0 spiro atoms. The molecule has 0 saturated carbocycles. The molecule has 0 aliphatic carbocycles. The summed E-state index contributed by atoms with van der Waals surface area (Å²) in [7, 11) is 0. The maximum absolute atomic E-state index is 12.3. The normalized spacial score (nSPS) is 18.8. The van der Waals surface area contributed by atoms with Crippen molar-refractivity contribution in [2.75, 3.05) is 18.1 Å². The third kappa shape index (κ3) is 4.00. The average Bonchev–Trinajstić information content (AvgIpc) is 2.47. The van der Waals surface area contributed by atoms with Gasteiger partial charge in [-0.1, -0.05) is 30.3 Å². The second-order valence-electron chi connectivity index (χ2n) is 4.90. The van der Waals surface area contributed by atoms with Crippen molar-refractivity contribution in [1.82, 2.24) is 4.90 Å². The lowest BCUT2D eigenvalue weighted by Gasteiger charge is -2.36. The number of piperidine rings is 1. The Morgan fingerprint density at radius 2 is 1.95 bits per heavy atom. The van der Waals surface area contributed by atoms with Crippen molar-refractivity contribution in [3.05, 3.63) is 35.9 Å². The highest BCUT2D eigenvalue weighted by Gasteiger charge is 2.27. The topological polar surface area (TPSA) is 57.6 Å². The van der Waals surface area contributed by atoms with Crippen molar-refractivity contribution in [2.24, 2.45) is 0 Å². The summed E-state index contributed by atoms with van der Waals surface area (Å²) in [4.78, 5) is 24.7. The molecule has 1 aromatic rings. The van der Waals surface area contributed by atoms with Crippen molar-refractivity contribution in [1.29, 1.82) is 0 Å². The van der Waals surface area contributed by atoms with Gasteiger partial charge in [-0.2, -0.15) is 0 Å². The van der Waals surface area contributed by atoms with Crippen LogP contribution in [0.15, 0.2) is 30.3 Å². The molecular weight excluding hydrogens is 274 g/mol. The summed E-state index contributed by atoms with van der Waals surface area (Å²) in [6, 6.07) is 10.2. The summed E-state index contributed by atoms with van der Waals surface area (Å²) in [5.74, 6) is -0.601. The summed E-state index contributed by atoms with van der Waals surface area (Å²) >= 11 is 1.17. The van der Waals surface area contributed by atoms with Crippen molar-refractivity contribution in [3.63, 3.8) is 0 Å². The zero-order valence-electron chi connectivity index (χ0n) is 11.3. The number of benzene rings is 1. The highest BCUT2D eigenvalue weighted by Crippen LogP contribution is 2.31. The van der Waals surface area contributed by atoms with E-state index in [4.69, 9.17) is 5.11 Å². The first kappa shape index (κ1) is 14.9. The molecule has 2 rings (SSSR count). The molecule has 1 heterocycles. The smallest absolute Gasteiger partial charge is 0.313 e. The van der Waals surface area contributed by atoms with E-state index in [1.165, 1.54) is 17.3 Å². The molecule has 1 aromatic carbocycles. The Balaban J connectivity index is 2.00. The predicted octanol–water partition coefficient (Wildman–Crippen LogP) is 2.56. The van der Waals surface area contributed by atoms with E-state index in [1.54, 1.807) is 0 Å². The Morgan fingerprint density at radius 1 is 1.20 bits per heavy atom. The number of carboxylic acid groups (broad SMARTS) is 1. The van der Waals surface area contributed by atoms with Gasteiger partial charge < -0.3 is 10.0 Å². The lowest BCUT2D eigenvalue weighted by atomic mass is 9.95. The Morgan fingerprint density at radius 3 is 2.65 bits per heavy atom. The van der Waals surface area contributed by atoms with Gasteiger partial charge in [-0.25, -0.2) is 0 Å². The molecular formula is C15H19NO3S. The molecule has 1 unspecified atom stereocenters. The molecule has 1 fully saturated rings. The Kier molecular flexibility index (Phi) is 5.47. The van der Waals surface area contributed by atoms with E-state index in [-0.39, 0.29) is 23.5 Å². The van der Waals surface area contributed by atoms with E-state index < -0.39 is 5.97 Å². The lowest BCUT2D eigenvalue weighted by molar-refractivity contribution is -0.134. The second-order valence-corrected chi connectivity index (χ2v) is 5.88. The molecule has 1 aliphatic rings. The molecule has 0 bridgehead atoms. The fraction of sp³-hybridized carbons (Fsp3) is 0.467. The Labute approximate surface area is 123 Å². The third-order valence-corrected chi connectivity index (χ3v) is 4.36. The number of likely N-dealkylation sites (tertiary alicyclic amines) is 1. The van der Waals surface area contributed by atoms with Crippen molar-refractivity contribution in [3.8, 4) is 0 Å². The number of carbonyl (C=O) groups is 2. The molecule has 1 amide bonds. The Bertz CT molecular complexity index is 463. The minimum Gasteiger partial charge on any atom is -0.481 e. The first-order chi connectivity index (χ1) is 9.68. The van der Waals surface area contributed by atoms with Crippen LogP contribution in [0.25, 0.3) is 0 Å². The van der Waals surface area contributed by atoms with Gasteiger partial charge >= 0.3 is 5.97 Å². The van der Waals surface area contributed by atoms with Crippen LogP contribution in [0.3, 0.4) is 0 Å². The van der Waals surface area contributed by atoms with Crippen LogP contribution in [-0.2, 0) is 9.59 Å². The van der Waals surface area contributed by atoms with E-state index in [1.807, 2.05) is 23.1 Å². The van der Waals surface area contributed by atoms with Gasteiger partial charge in [-0.05, 0) is 24.8 Å². The van der Waals surface area contributed by atoms with Crippen molar-refractivity contribution < 1.29 is 14.7 Å². The maximum Gasteiger partial charge on any atom is 0.313 e. The highest BCUT2D eigenvalue weighted by molar-refractivity contribution is 8.00. The number of hydrogen-bond acceptors (Lipinski definition) is 3. The molecule has 4 nitrogen and oxygen atoms in total. The van der Waals surface area contributed by atoms with E-state index in [2.05, 4.69) is 12.1 Å². The van der Waals surface area contributed by atoms with Gasteiger partial charge in [-0.3, -0.25) is 9.59 Å². The van der Waals surface area contributed by atoms with Gasteiger partial charge in [0.05, 0.1) is 17.5 Å². The number of carbonyl (C=O) groups excluding carboxylic acids is 1. The van der Waals surface area contributed by atoms with Crippen LogP contribution in [-0.4, -0.2) is 39.9 Å². The van der Waals surface area contributed by atoms with Gasteiger partial charge in [0.15, 0.2) is 0 Å². The Hall–Kier alpha value is -1.49. The van der Waals surface area contributed by atoms with Crippen LogP contribution < -0.4 is 0 Å². The second kappa shape index (κ2) is 7.33. The van der Waals surface area contributed by atoms with Gasteiger partial charge in [0.25, 0.3) is 0 Å². The molecule has 5 heteroatoms. The minimum absolute atomic E-state index is 0.0183. The summed E-state index contributed by atoms with van der Waals surface area (Å²) < 4.78 is 0. The zero-order chi connectivity index (χ0) is 14.4. The summed E-state index contributed by atoms with van der Waals surface area (Å²) in [5.41, 5.74) is 1.17. The van der Waals surface area contributed by atoms with Crippen LogP contribution in [0.2, 0.25) is 0 Å². The van der Waals surface area contributed by atoms with E-state index in [9.17, 15) is 9.59 Å². The molecule has 1 saturated heterocycles. The molecule has 0 radical (unpaired) electrons. The van der Waals surface area contributed by atoms with Crippen LogP contribution in [0.1, 0.15) is 30.9 Å². The molecule has 1 N–H and O–H groups in total. The highest BCUT2D eigenvalue weighted by atomic mass is 32.2. The average molecular weight is 293 g/mol. The molecule has 108 valence electrons. The zero-order valence-corrected chi connectivity index (χ0v) is 12.1. The van der Waals surface area contributed by atoms with Crippen LogP contribution in [0, 0.1) is 0 Å². The summed E-state index contributed by atoms with van der Waals surface area (Å²) in [5, 5.41) is 8.62. The fourth-order valence-electron chi connectivity index (χ4n) is 2.56. The number of aliphatic carboxylic acids is 1. The minimum atomic E-state index is -0.874. The van der Waals surface area contributed by atoms with Gasteiger partial charge in [0, 0.05) is 6.54 Å². The van der Waals surface area contributed by atoms with Crippen molar-refractivity contribution in [2.45, 2.75) is 25.3 Å². The number of carboxylic acids is 1. The largest absolute Gasteiger partial charge is 0.481 e. The van der Waals surface area contributed by atoms with Crippen LogP contribution >= 0.6 is 11.8 Å². The molecule has 1 atom stereocenters. The first-order valence-corrected chi connectivity index (χ1v) is 7.98. The molecule has 20 heavy (non-hydrogen) atoms. The molecule has 1 aliphatic heterocycles. The number of amides is 1. The summed E-state index contributed by atoms with van der Waals surface area (Å²) in [6.45, 7) is 0.770. The third-order valence-electron chi connectivity index (χ3n) is 3.46. The van der Waals surface area contributed by atoms with Crippen molar-refractivity contribution >= 4 is 23.6 Å². The molecule has 0 aromatic heterocycles. The number of hydrogen-bond donors (Lipinski definition) is 1. The number of nitrogens with zero attached hydrogens (tertiary/aromatic N) is 1. The van der Waals surface area contributed by atoms with E-state index in [0.29, 0.717) is 0 Å². The van der Waals surface area contributed by atoms with Gasteiger partial charge in [-0.15, -0.1) is 11.8 Å². The summed E-state index contributed by atoms with van der Waals surface area (Å²) in [6.07, 6.45) is 3.14. The monoisotopic (exact) mass is 293 g/mol. The van der Waals surface area contributed by atoms with E-state index >= 15 is 0 Å². The van der Waals surface area contributed by atoms with Crippen LogP contribution in [0.5, 0.6) is 0 Å². The van der Waals surface area contributed by atoms with Crippen LogP contribution in [0.4, 0.5) is 0 Å². The van der Waals surface area contributed by atoms with Gasteiger partial charge in [0.1, 0.15) is 0 Å². The van der Waals surface area contributed by atoms with E-state index in [0.717, 1.165) is 25.8 Å².